The standard InChI is InChI=1S/C16H24N2O3/c1-18(12-15-4-2-3-10-20-15)16(19)9-11-21-14-7-5-13(17)6-8-14/h5-8,15H,2-4,9-12,17H2,1H3. The number of likely N-dealkylation sites (N-methyl/N-ethyl adjacent to an activating group) is 1. The van der Waals surface area contributed by atoms with Crippen molar-refractivity contribution in [1.29, 1.82) is 0 Å². The van der Waals surface area contributed by atoms with E-state index in [1.54, 1.807) is 29.2 Å². The molecule has 2 N–H and O–H groups in total. The Hall–Kier alpha value is -1.75. The van der Waals surface area contributed by atoms with Crippen molar-refractivity contribution < 1.29 is 14.3 Å². The summed E-state index contributed by atoms with van der Waals surface area (Å²) < 4.78 is 11.2. The van der Waals surface area contributed by atoms with Crippen LogP contribution in [-0.4, -0.2) is 43.7 Å². The third-order valence-electron chi connectivity index (χ3n) is 3.64. The van der Waals surface area contributed by atoms with Crippen molar-refractivity contribution in [3.05, 3.63) is 24.3 Å². The smallest absolute Gasteiger partial charge is 0.225 e. The number of carbonyl (C=O) groups excluding carboxylic acids is 1. The Morgan fingerprint density at radius 3 is 2.81 bits per heavy atom. The van der Waals surface area contributed by atoms with Crippen molar-refractivity contribution in [2.75, 3.05) is 32.5 Å². The summed E-state index contributed by atoms with van der Waals surface area (Å²) in [4.78, 5) is 13.8. The number of nitrogens with zero attached hydrogens (tertiary/aromatic N) is 1. The lowest BCUT2D eigenvalue weighted by Gasteiger charge is -2.27. The Labute approximate surface area is 126 Å². The predicted octanol–water partition coefficient (Wildman–Crippen LogP) is 2.07. The highest BCUT2D eigenvalue weighted by Gasteiger charge is 2.18. The number of carbonyl (C=O) groups is 1. The maximum absolute atomic E-state index is 12.0. The fourth-order valence-corrected chi connectivity index (χ4v) is 2.37. The van der Waals surface area contributed by atoms with Crippen LogP contribution in [0.25, 0.3) is 0 Å². The molecule has 1 aromatic rings. The van der Waals surface area contributed by atoms with Crippen molar-refractivity contribution in [3.8, 4) is 5.75 Å². The molecule has 5 nitrogen and oxygen atoms in total. The molecule has 0 aliphatic carbocycles. The fourth-order valence-electron chi connectivity index (χ4n) is 2.37. The van der Waals surface area contributed by atoms with Gasteiger partial charge in [-0.2, -0.15) is 0 Å². The zero-order chi connectivity index (χ0) is 15.1. The average molecular weight is 292 g/mol. The number of anilines is 1. The topological polar surface area (TPSA) is 64.8 Å². The molecule has 2 rings (SSSR count). The molecular weight excluding hydrogens is 268 g/mol. The summed E-state index contributed by atoms with van der Waals surface area (Å²) >= 11 is 0. The van der Waals surface area contributed by atoms with Crippen molar-refractivity contribution in [2.45, 2.75) is 31.8 Å². The van der Waals surface area contributed by atoms with E-state index in [0.717, 1.165) is 25.2 Å². The van der Waals surface area contributed by atoms with Crippen LogP contribution in [0.5, 0.6) is 5.75 Å². The van der Waals surface area contributed by atoms with Gasteiger partial charge in [-0.1, -0.05) is 0 Å². The monoisotopic (exact) mass is 292 g/mol. The number of nitrogen functional groups attached to an aromatic ring is 1. The van der Waals surface area contributed by atoms with E-state index in [1.165, 1.54) is 6.42 Å². The largest absolute Gasteiger partial charge is 0.493 e. The molecule has 0 bridgehead atoms. The molecular formula is C16H24N2O3. The normalized spacial score (nSPS) is 18.2. The number of amides is 1. The second-order valence-corrected chi connectivity index (χ2v) is 5.43. The van der Waals surface area contributed by atoms with Gasteiger partial charge in [0, 0.05) is 25.9 Å². The molecule has 5 heteroatoms. The van der Waals surface area contributed by atoms with Gasteiger partial charge in [0.2, 0.25) is 5.91 Å². The summed E-state index contributed by atoms with van der Waals surface area (Å²) in [6, 6.07) is 7.17. The molecule has 21 heavy (non-hydrogen) atoms. The zero-order valence-electron chi connectivity index (χ0n) is 12.6. The lowest BCUT2D eigenvalue weighted by Crippen LogP contribution is -2.37. The van der Waals surface area contributed by atoms with E-state index in [-0.39, 0.29) is 12.0 Å². The molecule has 1 heterocycles. The maximum Gasteiger partial charge on any atom is 0.225 e. The van der Waals surface area contributed by atoms with Gasteiger partial charge < -0.3 is 20.1 Å². The van der Waals surface area contributed by atoms with Gasteiger partial charge in [0.1, 0.15) is 5.75 Å². The molecule has 0 saturated carbocycles. The molecule has 1 amide bonds. The molecule has 1 aromatic carbocycles. The van der Waals surface area contributed by atoms with Crippen LogP contribution in [0.3, 0.4) is 0 Å². The third kappa shape index (κ3) is 5.27. The number of benzene rings is 1. The van der Waals surface area contributed by atoms with E-state index in [4.69, 9.17) is 15.2 Å². The SMILES string of the molecule is CN(CC1CCCCO1)C(=O)CCOc1ccc(N)cc1. The van der Waals surface area contributed by atoms with Crippen LogP contribution in [-0.2, 0) is 9.53 Å². The molecule has 1 aliphatic heterocycles. The van der Waals surface area contributed by atoms with Crippen LogP contribution in [0.15, 0.2) is 24.3 Å². The third-order valence-corrected chi connectivity index (χ3v) is 3.64. The van der Waals surface area contributed by atoms with E-state index in [2.05, 4.69) is 0 Å². The molecule has 0 aromatic heterocycles. The van der Waals surface area contributed by atoms with Crippen molar-refractivity contribution >= 4 is 11.6 Å². The number of ether oxygens (including phenoxy) is 2. The highest BCUT2D eigenvalue weighted by atomic mass is 16.5. The summed E-state index contributed by atoms with van der Waals surface area (Å²) in [5, 5.41) is 0. The Kier molecular flexibility index (Phi) is 5.87. The van der Waals surface area contributed by atoms with Crippen LogP contribution in [0.2, 0.25) is 0 Å². The van der Waals surface area contributed by atoms with Crippen LogP contribution in [0.1, 0.15) is 25.7 Å². The lowest BCUT2D eigenvalue weighted by atomic mass is 10.1. The first-order chi connectivity index (χ1) is 10.1. The van der Waals surface area contributed by atoms with Crippen molar-refractivity contribution in [2.24, 2.45) is 0 Å². The summed E-state index contributed by atoms with van der Waals surface area (Å²) in [6.45, 7) is 1.85. The Bertz CT molecular complexity index is 441. The number of nitrogens with two attached hydrogens (primary N) is 1. The second kappa shape index (κ2) is 7.88. The van der Waals surface area contributed by atoms with Gasteiger partial charge in [-0.15, -0.1) is 0 Å². The minimum atomic E-state index is 0.0830. The average Bonchev–Trinajstić information content (AvgIpc) is 2.50. The Balaban J connectivity index is 1.67. The molecule has 116 valence electrons. The van der Waals surface area contributed by atoms with Gasteiger partial charge >= 0.3 is 0 Å². The van der Waals surface area contributed by atoms with Gasteiger partial charge in [0.15, 0.2) is 0 Å². The minimum Gasteiger partial charge on any atom is -0.493 e. The number of hydrogen-bond acceptors (Lipinski definition) is 4. The molecule has 1 saturated heterocycles. The van der Waals surface area contributed by atoms with Gasteiger partial charge in [-0.3, -0.25) is 4.79 Å². The first-order valence-electron chi connectivity index (χ1n) is 7.49. The summed E-state index contributed by atoms with van der Waals surface area (Å²) in [5.41, 5.74) is 6.30. The van der Waals surface area contributed by atoms with E-state index in [9.17, 15) is 4.79 Å². The quantitative estimate of drug-likeness (QED) is 0.815. The number of hydrogen-bond donors (Lipinski definition) is 1. The van der Waals surface area contributed by atoms with E-state index in [0.29, 0.717) is 25.3 Å². The fraction of sp³-hybridized carbons (Fsp3) is 0.562. The van der Waals surface area contributed by atoms with Crippen LogP contribution in [0, 0.1) is 0 Å². The van der Waals surface area contributed by atoms with Gasteiger partial charge in [0.05, 0.1) is 19.1 Å². The van der Waals surface area contributed by atoms with E-state index >= 15 is 0 Å². The molecule has 1 unspecified atom stereocenters. The first-order valence-corrected chi connectivity index (χ1v) is 7.49. The summed E-state index contributed by atoms with van der Waals surface area (Å²) in [6.07, 6.45) is 3.91. The van der Waals surface area contributed by atoms with Crippen LogP contribution >= 0.6 is 0 Å². The Morgan fingerprint density at radius 2 is 2.14 bits per heavy atom. The molecule has 1 fully saturated rings. The summed E-state index contributed by atoms with van der Waals surface area (Å²) in [7, 11) is 1.82. The van der Waals surface area contributed by atoms with Gasteiger partial charge in [0.25, 0.3) is 0 Å². The predicted molar refractivity (Wildman–Crippen MR) is 82.2 cm³/mol. The minimum absolute atomic E-state index is 0.0830. The molecule has 0 spiro atoms. The van der Waals surface area contributed by atoms with E-state index in [1.807, 2.05) is 7.05 Å². The number of rotatable bonds is 6. The lowest BCUT2D eigenvalue weighted by molar-refractivity contribution is -0.132. The zero-order valence-corrected chi connectivity index (χ0v) is 12.6. The molecule has 1 aliphatic rings. The molecule has 1 atom stereocenters. The van der Waals surface area contributed by atoms with Crippen molar-refractivity contribution in [1.82, 2.24) is 4.90 Å². The van der Waals surface area contributed by atoms with Crippen LogP contribution < -0.4 is 10.5 Å². The molecule has 0 radical (unpaired) electrons. The maximum atomic E-state index is 12.0. The highest BCUT2D eigenvalue weighted by molar-refractivity contribution is 5.76. The second-order valence-electron chi connectivity index (χ2n) is 5.43. The first kappa shape index (κ1) is 15.6. The van der Waals surface area contributed by atoms with Crippen LogP contribution in [0.4, 0.5) is 5.69 Å². The van der Waals surface area contributed by atoms with Gasteiger partial charge in [-0.25, -0.2) is 0 Å². The van der Waals surface area contributed by atoms with Crippen molar-refractivity contribution in [3.63, 3.8) is 0 Å². The summed E-state index contributed by atoms with van der Waals surface area (Å²) in [5.74, 6) is 0.815. The van der Waals surface area contributed by atoms with E-state index < -0.39 is 0 Å². The highest BCUT2D eigenvalue weighted by Crippen LogP contribution is 2.15. The Morgan fingerprint density at radius 1 is 1.38 bits per heavy atom. The van der Waals surface area contributed by atoms with Gasteiger partial charge in [-0.05, 0) is 43.5 Å².